The minimum absolute atomic E-state index is 0.125. The van der Waals surface area contributed by atoms with Crippen LogP contribution in [-0.2, 0) is 11.3 Å². The maximum Gasteiger partial charge on any atom is 0.410 e. The van der Waals surface area contributed by atoms with Crippen LogP contribution in [0.15, 0.2) is 36.5 Å². The van der Waals surface area contributed by atoms with Gasteiger partial charge in [-0.2, -0.15) is 4.98 Å². The van der Waals surface area contributed by atoms with E-state index in [0.29, 0.717) is 38.7 Å². The van der Waals surface area contributed by atoms with Crippen molar-refractivity contribution in [2.45, 2.75) is 32.9 Å². The Hall–Kier alpha value is -3.36. The molecule has 3 N–H and O–H groups in total. The highest BCUT2D eigenvalue weighted by atomic mass is 16.6. The molecule has 9 nitrogen and oxygen atoms in total. The van der Waals surface area contributed by atoms with E-state index in [-0.39, 0.29) is 23.4 Å². The average molecular weight is 412 g/mol. The van der Waals surface area contributed by atoms with Gasteiger partial charge in [-0.25, -0.2) is 9.78 Å². The van der Waals surface area contributed by atoms with Crippen LogP contribution in [0.5, 0.6) is 0 Å². The Morgan fingerprint density at radius 3 is 2.40 bits per heavy atom. The zero-order chi connectivity index (χ0) is 21.7. The third-order valence-corrected chi connectivity index (χ3v) is 4.56. The largest absolute Gasteiger partial charge is 0.444 e. The predicted molar refractivity (Wildman–Crippen MR) is 114 cm³/mol. The lowest BCUT2D eigenvalue weighted by Gasteiger charge is -2.35. The Morgan fingerprint density at radius 2 is 1.80 bits per heavy atom. The van der Waals surface area contributed by atoms with E-state index in [9.17, 15) is 9.59 Å². The molecule has 1 aliphatic rings. The number of carbonyl (C=O) groups excluding carboxylic acids is 2. The van der Waals surface area contributed by atoms with Crippen LogP contribution in [0.4, 0.5) is 16.6 Å². The maximum absolute atomic E-state index is 12.4. The molecule has 2 aromatic rings. The number of rotatable bonds is 4. The molecular weight excluding hydrogens is 384 g/mol. The number of nitrogens with one attached hydrogen (secondary N) is 1. The Morgan fingerprint density at radius 1 is 1.13 bits per heavy atom. The molecule has 1 aliphatic heterocycles. The quantitative estimate of drug-likeness (QED) is 0.790. The molecular formula is C21H28N6O3. The van der Waals surface area contributed by atoms with Crippen LogP contribution in [0.2, 0.25) is 0 Å². The fourth-order valence-corrected chi connectivity index (χ4v) is 3.00. The van der Waals surface area contributed by atoms with Crippen LogP contribution in [0.3, 0.4) is 0 Å². The zero-order valence-electron chi connectivity index (χ0n) is 17.6. The van der Waals surface area contributed by atoms with E-state index in [4.69, 9.17) is 10.5 Å². The van der Waals surface area contributed by atoms with Crippen LogP contribution in [0, 0.1) is 0 Å². The number of ether oxygens (including phenoxy) is 1. The van der Waals surface area contributed by atoms with E-state index in [2.05, 4.69) is 15.3 Å². The molecule has 160 valence electrons. The number of hydrogen-bond acceptors (Lipinski definition) is 7. The Labute approximate surface area is 176 Å². The molecule has 9 heteroatoms. The van der Waals surface area contributed by atoms with Gasteiger partial charge in [-0.05, 0) is 26.3 Å². The van der Waals surface area contributed by atoms with E-state index in [1.54, 1.807) is 4.90 Å². The summed E-state index contributed by atoms with van der Waals surface area (Å²) in [4.78, 5) is 36.8. The smallest absolute Gasteiger partial charge is 0.410 e. The molecule has 1 aromatic heterocycles. The van der Waals surface area contributed by atoms with Gasteiger partial charge in [-0.1, -0.05) is 30.3 Å². The summed E-state index contributed by atoms with van der Waals surface area (Å²) >= 11 is 0. The zero-order valence-corrected chi connectivity index (χ0v) is 17.6. The molecule has 0 saturated carbocycles. The second-order valence-corrected chi connectivity index (χ2v) is 8.09. The fourth-order valence-electron chi connectivity index (χ4n) is 3.00. The highest BCUT2D eigenvalue weighted by molar-refractivity contribution is 5.98. The predicted octanol–water partition coefficient (Wildman–Crippen LogP) is 2.05. The molecule has 1 fully saturated rings. The number of benzene rings is 1. The summed E-state index contributed by atoms with van der Waals surface area (Å²) in [5.74, 6) is 0.244. The molecule has 30 heavy (non-hydrogen) atoms. The van der Waals surface area contributed by atoms with Gasteiger partial charge in [0.05, 0.1) is 5.56 Å². The lowest BCUT2D eigenvalue weighted by atomic mass is 10.2. The van der Waals surface area contributed by atoms with Gasteiger partial charge in [0.15, 0.2) is 0 Å². The van der Waals surface area contributed by atoms with Gasteiger partial charge in [-0.15, -0.1) is 0 Å². The van der Waals surface area contributed by atoms with Crippen LogP contribution in [-0.4, -0.2) is 58.6 Å². The summed E-state index contributed by atoms with van der Waals surface area (Å²) in [5.41, 5.74) is 6.72. The van der Waals surface area contributed by atoms with Gasteiger partial charge >= 0.3 is 6.09 Å². The van der Waals surface area contributed by atoms with Crippen molar-refractivity contribution in [1.29, 1.82) is 0 Å². The van der Waals surface area contributed by atoms with Gasteiger partial charge in [0.25, 0.3) is 5.91 Å². The SMILES string of the molecule is CC(C)(C)OC(=O)N1CCN(c2ncc(C(=O)NCc3ccccc3)c(N)n2)CC1. The van der Waals surface area contributed by atoms with E-state index in [0.717, 1.165) is 5.56 Å². The van der Waals surface area contributed by atoms with Crippen molar-refractivity contribution >= 4 is 23.8 Å². The minimum atomic E-state index is -0.525. The van der Waals surface area contributed by atoms with Gasteiger partial charge in [0.2, 0.25) is 5.95 Å². The van der Waals surface area contributed by atoms with E-state index in [1.807, 2.05) is 56.0 Å². The van der Waals surface area contributed by atoms with Crippen molar-refractivity contribution in [3.05, 3.63) is 47.7 Å². The standard InChI is InChI=1S/C21H28N6O3/c1-21(2,3)30-20(29)27-11-9-26(10-12-27)19-24-14-16(17(22)25-19)18(28)23-13-15-7-5-4-6-8-15/h4-8,14H,9-13H2,1-3H3,(H,23,28)(H2,22,24,25). The third kappa shape index (κ3) is 5.59. The number of aromatic nitrogens is 2. The number of carbonyl (C=O) groups is 2. The first-order valence-electron chi connectivity index (χ1n) is 9.90. The summed E-state index contributed by atoms with van der Waals surface area (Å²) in [6, 6.07) is 9.61. The third-order valence-electron chi connectivity index (χ3n) is 4.56. The van der Waals surface area contributed by atoms with Crippen molar-refractivity contribution < 1.29 is 14.3 Å². The lowest BCUT2D eigenvalue weighted by Crippen LogP contribution is -2.50. The highest BCUT2D eigenvalue weighted by Crippen LogP contribution is 2.17. The van der Waals surface area contributed by atoms with Crippen molar-refractivity contribution in [1.82, 2.24) is 20.2 Å². The molecule has 1 saturated heterocycles. The lowest BCUT2D eigenvalue weighted by molar-refractivity contribution is 0.0240. The van der Waals surface area contributed by atoms with Crippen molar-refractivity contribution in [3.8, 4) is 0 Å². The number of nitrogens with zero attached hydrogens (tertiary/aromatic N) is 4. The number of anilines is 2. The first-order chi connectivity index (χ1) is 14.2. The topological polar surface area (TPSA) is 114 Å². The van der Waals surface area contributed by atoms with Crippen LogP contribution < -0.4 is 16.0 Å². The van der Waals surface area contributed by atoms with Gasteiger partial charge in [0.1, 0.15) is 11.4 Å². The van der Waals surface area contributed by atoms with E-state index in [1.165, 1.54) is 6.20 Å². The first-order valence-corrected chi connectivity index (χ1v) is 9.90. The number of hydrogen-bond donors (Lipinski definition) is 2. The van der Waals surface area contributed by atoms with Crippen LogP contribution in [0.25, 0.3) is 0 Å². The Balaban J connectivity index is 1.56. The maximum atomic E-state index is 12.4. The Bertz CT molecular complexity index is 889. The minimum Gasteiger partial charge on any atom is -0.444 e. The van der Waals surface area contributed by atoms with E-state index < -0.39 is 5.60 Å². The molecule has 0 aliphatic carbocycles. The van der Waals surface area contributed by atoms with Crippen LogP contribution in [0.1, 0.15) is 36.7 Å². The monoisotopic (exact) mass is 412 g/mol. The molecule has 3 rings (SSSR count). The molecule has 0 spiro atoms. The molecule has 0 atom stereocenters. The summed E-state index contributed by atoms with van der Waals surface area (Å²) in [6.07, 6.45) is 1.12. The molecule has 1 aromatic carbocycles. The first kappa shape index (κ1) is 21.4. The normalized spacial score (nSPS) is 14.4. The molecule has 2 amide bonds. The number of piperazine rings is 1. The number of nitrogen functional groups attached to an aromatic ring is 1. The highest BCUT2D eigenvalue weighted by Gasteiger charge is 2.27. The number of nitrogens with two attached hydrogens (primary N) is 1. The summed E-state index contributed by atoms with van der Waals surface area (Å²) in [7, 11) is 0. The Kier molecular flexibility index (Phi) is 6.39. The van der Waals surface area contributed by atoms with E-state index >= 15 is 0 Å². The average Bonchev–Trinajstić information content (AvgIpc) is 2.71. The van der Waals surface area contributed by atoms with Gasteiger partial charge in [-0.3, -0.25) is 4.79 Å². The molecule has 0 bridgehead atoms. The fraction of sp³-hybridized carbons (Fsp3) is 0.429. The number of amides is 2. The van der Waals surface area contributed by atoms with Crippen molar-refractivity contribution in [3.63, 3.8) is 0 Å². The van der Waals surface area contributed by atoms with Crippen molar-refractivity contribution in [2.24, 2.45) is 0 Å². The molecule has 0 unspecified atom stereocenters. The second-order valence-electron chi connectivity index (χ2n) is 8.09. The van der Waals surface area contributed by atoms with Crippen molar-refractivity contribution in [2.75, 3.05) is 36.8 Å². The second kappa shape index (κ2) is 8.98. The summed E-state index contributed by atoms with van der Waals surface area (Å²) < 4.78 is 5.41. The van der Waals surface area contributed by atoms with Gasteiger partial charge < -0.3 is 25.6 Å². The summed E-state index contributed by atoms with van der Waals surface area (Å²) in [5, 5.41) is 2.82. The van der Waals surface area contributed by atoms with Crippen LogP contribution >= 0.6 is 0 Å². The molecule has 0 radical (unpaired) electrons. The van der Waals surface area contributed by atoms with Gasteiger partial charge in [0, 0.05) is 38.9 Å². The molecule has 2 heterocycles. The summed E-state index contributed by atoms with van der Waals surface area (Å²) in [6.45, 7) is 8.03.